The topological polar surface area (TPSA) is 65.0 Å². The van der Waals surface area contributed by atoms with E-state index in [1.165, 1.54) is 31.4 Å². The maximum absolute atomic E-state index is 12.3. The van der Waals surface area contributed by atoms with Crippen LogP contribution in [-0.4, -0.2) is 22.6 Å². The first kappa shape index (κ1) is 20.7. The van der Waals surface area contributed by atoms with Crippen molar-refractivity contribution >= 4 is 61.0 Å². The molecule has 0 amide bonds. The Kier molecular flexibility index (Phi) is 6.98. The van der Waals surface area contributed by atoms with Crippen LogP contribution in [0.2, 0.25) is 0 Å². The molecule has 0 saturated carbocycles. The zero-order chi connectivity index (χ0) is 20.1. The number of rotatable bonds is 5. The Bertz CT molecular complexity index is 974. The number of ether oxygens (including phenoxy) is 2. The smallest absolute Gasteiger partial charge is 0.308 e. The standard InChI is InChI=1S/C20H16BrNO4S2/c1-12(23)26-18-15(21)8-14(10-17(18)25-2)9-16-19(24)28-20(22-16)27-11-13-6-4-3-5-7-13/h3-10H,11H2,1-2H3/b16-9+. The van der Waals surface area contributed by atoms with Gasteiger partial charge in [-0.2, -0.15) is 0 Å². The van der Waals surface area contributed by atoms with Gasteiger partial charge >= 0.3 is 5.97 Å². The summed E-state index contributed by atoms with van der Waals surface area (Å²) in [5.74, 6) is 0.991. The first-order chi connectivity index (χ1) is 13.5. The number of carbonyl (C=O) groups excluding carboxylic acids is 2. The highest BCUT2D eigenvalue weighted by atomic mass is 79.9. The molecule has 1 heterocycles. The molecule has 0 bridgehead atoms. The third kappa shape index (κ3) is 5.27. The Hall–Kier alpha value is -2.03. The number of thioether (sulfide) groups is 2. The number of esters is 1. The van der Waals surface area contributed by atoms with Crippen LogP contribution in [0.25, 0.3) is 6.08 Å². The fraction of sp³-hybridized carbons (Fsp3) is 0.150. The highest BCUT2D eigenvalue weighted by Gasteiger charge is 2.23. The number of methoxy groups -OCH3 is 1. The maximum atomic E-state index is 12.3. The molecule has 0 saturated heterocycles. The molecule has 0 radical (unpaired) electrons. The molecule has 3 rings (SSSR count). The largest absolute Gasteiger partial charge is 0.493 e. The molecule has 8 heteroatoms. The lowest BCUT2D eigenvalue weighted by molar-refractivity contribution is -0.132. The van der Waals surface area contributed by atoms with E-state index in [1.54, 1.807) is 18.2 Å². The number of carbonyl (C=O) groups is 2. The molecule has 0 fully saturated rings. The summed E-state index contributed by atoms with van der Waals surface area (Å²) < 4.78 is 11.7. The number of hydrogen-bond acceptors (Lipinski definition) is 7. The molecule has 1 aliphatic heterocycles. The average Bonchev–Trinajstić information content (AvgIpc) is 3.02. The summed E-state index contributed by atoms with van der Waals surface area (Å²) in [5.41, 5.74) is 2.26. The molecule has 2 aromatic carbocycles. The van der Waals surface area contributed by atoms with Crippen molar-refractivity contribution in [1.82, 2.24) is 0 Å². The maximum Gasteiger partial charge on any atom is 0.308 e. The van der Waals surface area contributed by atoms with E-state index in [9.17, 15) is 9.59 Å². The average molecular weight is 478 g/mol. The van der Waals surface area contributed by atoms with E-state index in [1.807, 2.05) is 30.3 Å². The normalized spacial score (nSPS) is 14.9. The summed E-state index contributed by atoms with van der Waals surface area (Å²) >= 11 is 6.04. The van der Waals surface area contributed by atoms with E-state index >= 15 is 0 Å². The molecule has 0 spiro atoms. The molecule has 0 aromatic heterocycles. The molecule has 1 aliphatic rings. The minimum Gasteiger partial charge on any atom is -0.493 e. The molecule has 5 nitrogen and oxygen atoms in total. The quantitative estimate of drug-likeness (QED) is 0.331. The zero-order valence-corrected chi connectivity index (χ0v) is 18.3. The Balaban J connectivity index is 1.80. The Morgan fingerprint density at radius 1 is 1.29 bits per heavy atom. The molecule has 0 N–H and O–H groups in total. The fourth-order valence-corrected chi connectivity index (χ4v) is 4.73. The second-order valence-electron chi connectivity index (χ2n) is 5.70. The van der Waals surface area contributed by atoms with Crippen LogP contribution < -0.4 is 9.47 Å². The van der Waals surface area contributed by atoms with Gasteiger partial charge in [0.1, 0.15) is 10.1 Å². The second kappa shape index (κ2) is 9.45. The summed E-state index contributed by atoms with van der Waals surface area (Å²) in [5, 5.41) is -0.102. The van der Waals surface area contributed by atoms with Gasteiger partial charge in [0.25, 0.3) is 0 Å². The van der Waals surface area contributed by atoms with Gasteiger partial charge in [0.15, 0.2) is 11.5 Å². The highest BCUT2D eigenvalue weighted by Crippen LogP contribution is 2.38. The van der Waals surface area contributed by atoms with E-state index < -0.39 is 5.97 Å². The molecule has 144 valence electrons. The van der Waals surface area contributed by atoms with Crippen LogP contribution in [0, 0.1) is 0 Å². The Labute approximate surface area is 179 Å². The van der Waals surface area contributed by atoms with Crippen molar-refractivity contribution in [1.29, 1.82) is 0 Å². The van der Waals surface area contributed by atoms with E-state index in [2.05, 4.69) is 20.9 Å². The van der Waals surface area contributed by atoms with Crippen LogP contribution in [0.1, 0.15) is 18.1 Å². The zero-order valence-electron chi connectivity index (χ0n) is 15.1. The molecule has 2 aromatic rings. The fourth-order valence-electron chi connectivity index (χ4n) is 2.39. The predicted octanol–water partition coefficient (Wildman–Crippen LogP) is 5.29. The van der Waals surface area contributed by atoms with Crippen molar-refractivity contribution in [2.45, 2.75) is 12.7 Å². The summed E-state index contributed by atoms with van der Waals surface area (Å²) in [7, 11) is 1.48. The van der Waals surface area contributed by atoms with Crippen LogP contribution in [0.5, 0.6) is 11.5 Å². The minimum absolute atomic E-state index is 0.102. The number of aliphatic imine (C=N–C) groups is 1. The van der Waals surface area contributed by atoms with E-state index in [-0.39, 0.29) is 5.12 Å². The van der Waals surface area contributed by atoms with E-state index in [0.29, 0.717) is 27.2 Å². The van der Waals surface area contributed by atoms with Crippen molar-refractivity contribution in [3.63, 3.8) is 0 Å². The Morgan fingerprint density at radius 2 is 2.04 bits per heavy atom. The molecular weight excluding hydrogens is 462 g/mol. The van der Waals surface area contributed by atoms with Gasteiger partial charge in [-0.05, 0) is 57.0 Å². The summed E-state index contributed by atoms with van der Waals surface area (Å²) in [4.78, 5) is 28.0. The lowest BCUT2D eigenvalue weighted by Crippen LogP contribution is -2.04. The monoisotopic (exact) mass is 477 g/mol. The summed E-state index contributed by atoms with van der Waals surface area (Å²) in [6.45, 7) is 1.32. The molecular formula is C20H16BrNO4S2. The van der Waals surface area contributed by atoms with Crippen molar-refractivity contribution < 1.29 is 19.1 Å². The first-order valence-electron chi connectivity index (χ1n) is 8.21. The number of hydrogen-bond donors (Lipinski definition) is 0. The van der Waals surface area contributed by atoms with Gasteiger partial charge in [-0.1, -0.05) is 42.1 Å². The van der Waals surface area contributed by atoms with Gasteiger partial charge in [0.05, 0.1) is 11.6 Å². The molecule has 28 heavy (non-hydrogen) atoms. The van der Waals surface area contributed by atoms with Crippen molar-refractivity contribution in [2.75, 3.05) is 7.11 Å². The van der Waals surface area contributed by atoms with Crippen LogP contribution in [0.4, 0.5) is 0 Å². The van der Waals surface area contributed by atoms with Gasteiger partial charge in [0, 0.05) is 12.7 Å². The van der Waals surface area contributed by atoms with Gasteiger partial charge < -0.3 is 9.47 Å². The van der Waals surface area contributed by atoms with Gasteiger partial charge in [0.2, 0.25) is 5.12 Å². The van der Waals surface area contributed by atoms with Crippen LogP contribution in [-0.2, 0) is 15.3 Å². The van der Waals surface area contributed by atoms with Crippen LogP contribution >= 0.6 is 39.5 Å². The summed E-state index contributed by atoms with van der Waals surface area (Å²) in [6.07, 6.45) is 1.69. The van der Waals surface area contributed by atoms with E-state index in [0.717, 1.165) is 21.9 Å². The van der Waals surface area contributed by atoms with Crippen molar-refractivity contribution in [3.8, 4) is 11.5 Å². The van der Waals surface area contributed by atoms with Gasteiger partial charge in [-0.15, -0.1) is 0 Å². The number of benzene rings is 2. The molecule has 0 aliphatic carbocycles. The number of nitrogens with zero attached hydrogens (tertiary/aromatic N) is 1. The van der Waals surface area contributed by atoms with E-state index in [4.69, 9.17) is 9.47 Å². The third-order valence-electron chi connectivity index (χ3n) is 3.61. The summed E-state index contributed by atoms with van der Waals surface area (Å²) in [6, 6.07) is 13.5. The lowest BCUT2D eigenvalue weighted by Gasteiger charge is -2.11. The van der Waals surface area contributed by atoms with Crippen molar-refractivity contribution in [2.24, 2.45) is 4.99 Å². The minimum atomic E-state index is -0.447. The molecule has 0 unspecified atom stereocenters. The predicted molar refractivity (Wildman–Crippen MR) is 118 cm³/mol. The lowest BCUT2D eigenvalue weighted by atomic mass is 10.1. The van der Waals surface area contributed by atoms with Gasteiger partial charge in [-0.3, -0.25) is 9.59 Å². The van der Waals surface area contributed by atoms with Crippen molar-refractivity contribution in [3.05, 3.63) is 63.8 Å². The van der Waals surface area contributed by atoms with Crippen LogP contribution in [0.3, 0.4) is 0 Å². The number of halogens is 1. The Morgan fingerprint density at radius 3 is 2.71 bits per heavy atom. The molecule has 0 atom stereocenters. The first-order valence-corrected chi connectivity index (χ1v) is 10.8. The van der Waals surface area contributed by atoms with Crippen LogP contribution in [0.15, 0.2) is 57.6 Å². The second-order valence-corrected chi connectivity index (χ2v) is 8.74. The third-order valence-corrected chi connectivity index (χ3v) is 6.28. The SMILES string of the molecule is COc1cc(/C=C2/N=C(SCc3ccccc3)SC2=O)cc(Br)c1OC(C)=O. The van der Waals surface area contributed by atoms with Gasteiger partial charge in [-0.25, -0.2) is 4.99 Å². The highest BCUT2D eigenvalue weighted by molar-refractivity contribution is 9.10.